The Bertz CT molecular complexity index is 482. The fraction of sp³-hybridized carbons (Fsp3) is 0.571. The summed E-state index contributed by atoms with van der Waals surface area (Å²) < 4.78 is 5.42. The molecule has 0 radical (unpaired) electrons. The van der Waals surface area contributed by atoms with Crippen LogP contribution in [0.1, 0.15) is 81.1 Å². The molecule has 0 N–H and O–H groups in total. The second-order valence-corrected chi connectivity index (χ2v) is 6.06. The van der Waals surface area contributed by atoms with Crippen molar-refractivity contribution >= 4 is 5.97 Å². The molecule has 0 fully saturated rings. The Kier molecular flexibility index (Phi) is 9.87. The van der Waals surface area contributed by atoms with E-state index in [0.717, 1.165) is 12.8 Å². The van der Waals surface area contributed by atoms with Crippen LogP contribution < -0.4 is 0 Å². The topological polar surface area (TPSA) is 26.3 Å². The molecule has 0 aliphatic carbocycles. The average Bonchev–Trinajstić information content (AvgIpc) is 2.58. The summed E-state index contributed by atoms with van der Waals surface area (Å²) >= 11 is 0. The van der Waals surface area contributed by atoms with Gasteiger partial charge < -0.3 is 4.74 Å². The van der Waals surface area contributed by atoms with Gasteiger partial charge in [-0.1, -0.05) is 58.1 Å². The fourth-order valence-electron chi connectivity index (χ4n) is 2.54. The fourth-order valence-corrected chi connectivity index (χ4v) is 2.54. The van der Waals surface area contributed by atoms with Crippen molar-refractivity contribution in [2.75, 3.05) is 0 Å². The predicted octanol–water partition coefficient (Wildman–Crippen LogP) is 5.55. The van der Waals surface area contributed by atoms with E-state index in [1.54, 1.807) is 0 Å². The number of ether oxygens (including phenoxy) is 1. The normalized spacial score (nSPS) is 11.7. The third kappa shape index (κ3) is 7.88. The molecule has 0 amide bonds. The molecule has 2 nitrogen and oxygen atoms in total. The van der Waals surface area contributed by atoms with E-state index in [2.05, 4.69) is 12.8 Å². The minimum absolute atomic E-state index is 0.185. The maximum absolute atomic E-state index is 12.1. The Hall–Kier alpha value is -1.75. The number of hydrogen-bond donors (Lipinski definition) is 0. The standard InChI is InChI=1S/C21H30O2/c1-4-7-8-9-10-11-13-18-14-16-19(17-15-18)21(22)23-20(6-3)12-5-2/h2,14-17,20H,4,6-13H2,1,3H3. The molecule has 23 heavy (non-hydrogen) atoms. The van der Waals surface area contributed by atoms with E-state index in [1.807, 2.05) is 31.2 Å². The molecule has 0 saturated heterocycles. The third-order valence-corrected chi connectivity index (χ3v) is 4.08. The lowest BCUT2D eigenvalue weighted by Crippen LogP contribution is -2.17. The quantitative estimate of drug-likeness (QED) is 0.304. The zero-order valence-corrected chi connectivity index (χ0v) is 14.6. The molecular weight excluding hydrogens is 284 g/mol. The Morgan fingerprint density at radius 3 is 2.35 bits per heavy atom. The van der Waals surface area contributed by atoms with Gasteiger partial charge in [0.2, 0.25) is 0 Å². The highest BCUT2D eigenvalue weighted by molar-refractivity contribution is 5.89. The summed E-state index contributed by atoms with van der Waals surface area (Å²) in [6.07, 6.45) is 15.2. The number of rotatable bonds is 11. The molecule has 1 rings (SSSR count). The van der Waals surface area contributed by atoms with Gasteiger partial charge in [0.15, 0.2) is 0 Å². The lowest BCUT2D eigenvalue weighted by atomic mass is 10.0. The molecule has 126 valence electrons. The van der Waals surface area contributed by atoms with Crippen molar-refractivity contribution in [2.24, 2.45) is 0 Å². The second kappa shape index (κ2) is 11.8. The Labute approximate surface area is 141 Å². The summed E-state index contributed by atoms with van der Waals surface area (Å²) in [5.41, 5.74) is 1.89. The van der Waals surface area contributed by atoms with E-state index in [-0.39, 0.29) is 12.1 Å². The van der Waals surface area contributed by atoms with Crippen LogP contribution in [0.2, 0.25) is 0 Å². The van der Waals surface area contributed by atoms with Gasteiger partial charge >= 0.3 is 5.97 Å². The second-order valence-electron chi connectivity index (χ2n) is 6.06. The number of terminal acetylenes is 1. The van der Waals surface area contributed by atoms with Crippen molar-refractivity contribution < 1.29 is 9.53 Å². The highest BCUT2D eigenvalue weighted by Crippen LogP contribution is 2.13. The summed E-state index contributed by atoms with van der Waals surface area (Å²) in [4.78, 5) is 12.1. The molecule has 0 bridgehead atoms. The zero-order chi connectivity index (χ0) is 16.9. The minimum atomic E-state index is -0.279. The van der Waals surface area contributed by atoms with Crippen molar-refractivity contribution in [1.82, 2.24) is 0 Å². The first-order chi connectivity index (χ1) is 11.2. The first-order valence-electron chi connectivity index (χ1n) is 8.94. The molecule has 0 aliphatic heterocycles. The molecule has 0 heterocycles. The SMILES string of the molecule is C#CCC(CC)OC(=O)c1ccc(CCCCCCCC)cc1. The summed E-state index contributed by atoms with van der Waals surface area (Å²) in [6.45, 7) is 4.21. The Balaban J connectivity index is 2.37. The summed E-state index contributed by atoms with van der Waals surface area (Å²) in [5, 5.41) is 0. The van der Waals surface area contributed by atoms with Crippen molar-refractivity contribution in [3.05, 3.63) is 35.4 Å². The van der Waals surface area contributed by atoms with Gasteiger partial charge in [0.05, 0.1) is 5.56 Å². The molecular formula is C21H30O2. The molecule has 0 aliphatic rings. The van der Waals surface area contributed by atoms with E-state index < -0.39 is 0 Å². The van der Waals surface area contributed by atoms with Crippen molar-refractivity contribution in [1.29, 1.82) is 0 Å². The van der Waals surface area contributed by atoms with Crippen LogP contribution in [0.5, 0.6) is 0 Å². The van der Waals surface area contributed by atoms with Gasteiger partial charge in [-0.15, -0.1) is 12.3 Å². The molecule has 0 saturated carbocycles. The van der Waals surface area contributed by atoms with E-state index in [0.29, 0.717) is 12.0 Å². The monoisotopic (exact) mass is 314 g/mol. The molecule has 1 aromatic rings. The number of esters is 1. The number of carbonyl (C=O) groups excluding carboxylic acids is 1. The molecule has 1 aromatic carbocycles. The van der Waals surface area contributed by atoms with Crippen LogP contribution in [-0.4, -0.2) is 12.1 Å². The van der Waals surface area contributed by atoms with Crippen molar-refractivity contribution in [3.63, 3.8) is 0 Å². The minimum Gasteiger partial charge on any atom is -0.458 e. The van der Waals surface area contributed by atoms with Crippen LogP contribution >= 0.6 is 0 Å². The maximum Gasteiger partial charge on any atom is 0.338 e. The average molecular weight is 314 g/mol. The van der Waals surface area contributed by atoms with Crippen LogP contribution in [-0.2, 0) is 11.2 Å². The number of unbranched alkanes of at least 4 members (excludes halogenated alkanes) is 5. The van der Waals surface area contributed by atoms with Gasteiger partial charge in [-0.3, -0.25) is 0 Å². The lowest BCUT2D eigenvalue weighted by molar-refractivity contribution is 0.0304. The van der Waals surface area contributed by atoms with Crippen molar-refractivity contribution in [2.45, 2.75) is 77.7 Å². The summed E-state index contributed by atoms with van der Waals surface area (Å²) in [7, 11) is 0. The van der Waals surface area contributed by atoms with Gasteiger partial charge in [0.1, 0.15) is 6.10 Å². The van der Waals surface area contributed by atoms with Crippen LogP contribution in [0.25, 0.3) is 0 Å². The molecule has 0 spiro atoms. The highest BCUT2D eigenvalue weighted by atomic mass is 16.5. The van der Waals surface area contributed by atoms with E-state index in [1.165, 1.54) is 44.1 Å². The van der Waals surface area contributed by atoms with Gasteiger partial charge in [0.25, 0.3) is 0 Å². The molecule has 2 heteroatoms. The largest absolute Gasteiger partial charge is 0.458 e. The van der Waals surface area contributed by atoms with Gasteiger partial charge in [-0.05, 0) is 37.0 Å². The van der Waals surface area contributed by atoms with Crippen LogP contribution in [0.4, 0.5) is 0 Å². The summed E-state index contributed by atoms with van der Waals surface area (Å²) in [5.74, 6) is 2.27. The molecule has 0 aromatic heterocycles. The number of hydrogen-bond acceptors (Lipinski definition) is 2. The zero-order valence-electron chi connectivity index (χ0n) is 14.6. The first kappa shape index (κ1) is 19.3. The van der Waals surface area contributed by atoms with E-state index in [9.17, 15) is 4.79 Å². The predicted molar refractivity (Wildman–Crippen MR) is 96.5 cm³/mol. The number of aryl methyl sites for hydroxylation is 1. The highest BCUT2D eigenvalue weighted by Gasteiger charge is 2.13. The number of carbonyl (C=O) groups is 1. The van der Waals surface area contributed by atoms with Gasteiger partial charge in [0, 0.05) is 6.42 Å². The number of benzene rings is 1. The third-order valence-electron chi connectivity index (χ3n) is 4.08. The van der Waals surface area contributed by atoms with Crippen LogP contribution in [0.3, 0.4) is 0 Å². The Morgan fingerprint density at radius 2 is 1.74 bits per heavy atom. The first-order valence-corrected chi connectivity index (χ1v) is 8.94. The summed E-state index contributed by atoms with van der Waals surface area (Å²) in [6, 6.07) is 7.78. The van der Waals surface area contributed by atoms with Crippen LogP contribution in [0.15, 0.2) is 24.3 Å². The van der Waals surface area contributed by atoms with Gasteiger partial charge in [-0.25, -0.2) is 4.79 Å². The van der Waals surface area contributed by atoms with Gasteiger partial charge in [-0.2, -0.15) is 0 Å². The van der Waals surface area contributed by atoms with E-state index in [4.69, 9.17) is 11.2 Å². The smallest absolute Gasteiger partial charge is 0.338 e. The lowest BCUT2D eigenvalue weighted by Gasteiger charge is -2.13. The van der Waals surface area contributed by atoms with E-state index >= 15 is 0 Å². The molecule has 1 atom stereocenters. The van der Waals surface area contributed by atoms with Crippen molar-refractivity contribution in [3.8, 4) is 12.3 Å². The Morgan fingerprint density at radius 1 is 1.09 bits per heavy atom. The maximum atomic E-state index is 12.1. The van der Waals surface area contributed by atoms with Crippen LogP contribution in [0, 0.1) is 12.3 Å². The molecule has 1 unspecified atom stereocenters.